The maximum absolute atomic E-state index is 8.90. The summed E-state index contributed by atoms with van der Waals surface area (Å²) in [4.78, 5) is 0. The zero-order valence-corrected chi connectivity index (χ0v) is 37.1. The Morgan fingerprint density at radius 1 is 0.540 bits per heavy atom. The van der Waals surface area contributed by atoms with Crippen LogP contribution in [0.3, 0.4) is 0 Å². The van der Waals surface area contributed by atoms with Gasteiger partial charge < -0.3 is 0 Å². The van der Waals surface area contributed by atoms with Crippen molar-refractivity contribution in [2.75, 3.05) is 0 Å². The van der Waals surface area contributed by atoms with Crippen LogP contribution in [0.15, 0.2) is 96.1 Å². The van der Waals surface area contributed by atoms with E-state index >= 15 is 0 Å². The molecule has 0 heterocycles. The van der Waals surface area contributed by atoms with Gasteiger partial charge in [0.1, 0.15) is 0 Å². The Kier molecular flexibility index (Phi) is 10.9. The van der Waals surface area contributed by atoms with Crippen LogP contribution in [0.25, 0.3) is 34.4 Å². The predicted molar refractivity (Wildman–Crippen MR) is 223 cm³/mol. The molecule has 0 radical (unpaired) electrons. The van der Waals surface area contributed by atoms with Gasteiger partial charge in [-0.3, -0.25) is 0 Å². The van der Waals surface area contributed by atoms with Crippen LogP contribution in [-0.2, 0) is 15.6 Å². The number of hydrogen-bond acceptors (Lipinski definition) is 0. The Hall–Kier alpha value is -1.96. The van der Waals surface area contributed by atoms with Gasteiger partial charge in [-0.05, 0) is 0 Å². The minimum absolute atomic E-state index is 0.0811. The van der Waals surface area contributed by atoms with Gasteiger partial charge in [-0.15, -0.1) is 0 Å². The summed E-state index contributed by atoms with van der Waals surface area (Å²) >= 11 is -4.97. The fraction of sp³-hybridized carbons (Fsp3) is 0.391. The molecule has 50 heavy (non-hydrogen) atoms. The van der Waals surface area contributed by atoms with Crippen molar-refractivity contribution in [3.05, 3.63) is 129 Å². The first-order valence-electron chi connectivity index (χ1n) is 19.2. The van der Waals surface area contributed by atoms with Gasteiger partial charge in [0.15, 0.2) is 0 Å². The van der Waals surface area contributed by atoms with Crippen LogP contribution in [0, 0.1) is 11.8 Å². The van der Waals surface area contributed by atoms with Crippen molar-refractivity contribution in [3.8, 4) is 22.3 Å². The van der Waals surface area contributed by atoms with E-state index in [9.17, 15) is 0 Å². The maximum atomic E-state index is 8.90. The summed E-state index contributed by atoms with van der Waals surface area (Å²) in [7, 11) is 17.8. The third-order valence-corrected chi connectivity index (χ3v) is 64.2. The van der Waals surface area contributed by atoms with E-state index in [1.807, 2.05) is 0 Å². The van der Waals surface area contributed by atoms with E-state index in [1.54, 1.807) is 0 Å². The average molecular weight is 800 g/mol. The number of halogens is 2. The Labute approximate surface area is 312 Å². The second-order valence-corrected chi connectivity index (χ2v) is 58.8. The Bertz CT molecular complexity index is 1830. The number of rotatable bonds is 11. The molecule has 0 aromatic heterocycles. The summed E-state index contributed by atoms with van der Waals surface area (Å²) in [5.74, 6) is -0.0560. The molecule has 0 saturated heterocycles. The van der Waals surface area contributed by atoms with Gasteiger partial charge in [0, 0.05) is 0 Å². The van der Waals surface area contributed by atoms with Crippen LogP contribution >= 0.6 is 17.0 Å². The van der Waals surface area contributed by atoms with Gasteiger partial charge in [0.25, 0.3) is 0 Å². The number of benzene rings is 4. The molecule has 0 N–H and O–H groups in total. The molecular weight excluding hydrogens is 743 g/mol. The first kappa shape index (κ1) is 37.8. The van der Waals surface area contributed by atoms with E-state index in [2.05, 4.69) is 166 Å². The molecule has 2 aliphatic carbocycles. The van der Waals surface area contributed by atoms with Crippen molar-refractivity contribution in [1.82, 2.24) is 0 Å². The Morgan fingerprint density at radius 3 is 1.24 bits per heavy atom. The van der Waals surface area contributed by atoms with Gasteiger partial charge in [-0.25, -0.2) is 0 Å². The van der Waals surface area contributed by atoms with Crippen molar-refractivity contribution in [3.63, 3.8) is 0 Å². The molecule has 4 unspecified atom stereocenters. The molecule has 0 bridgehead atoms. The molecule has 0 fully saturated rings. The van der Waals surface area contributed by atoms with Crippen LogP contribution < -0.4 is 0 Å². The normalized spacial score (nSPS) is 19.2. The number of hydrogen-bond donors (Lipinski definition) is 0. The molecule has 0 aliphatic heterocycles. The fourth-order valence-corrected chi connectivity index (χ4v) is 40.4. The summed E-state index contributed by atoms with van der Waals surface area (Å²) in [6, 6.07) is 32.0. The van der Waals surface area contributed by atoms with Crippen LogP contribution in [0.5, 0.6) is 0 Å². The van der Waals surface area contributed by atoms with Crippen molar-refractivity contribution in [2.45, 2.75) is 100 Å². The summed E-state index contributed by atoms with van der Waals surface area (Å²) in [6.45, 7) is 23.7. The summed E-state index contributed by atoms with van der Waals surface area (Å²) in [5, 5.41) is 0. The number of allylic oxidation sites excluding steroid dienone is 2. The summed E-state index contributed by atoms with van der Waals surface area (Å²) in [6.07, 6.45) is 7.23. The standard InChI is InChI=1S/2C22H25.C2H7Si.2ClH.Zr/c2*1-5-16(4)18-13-17-9-8-12-21(22(17)14-18)20-11-7-6-10-19(20)15(2)3;1-3-2;;;/h2*6-16H,5H2,1-4H3;3H,1-2H3;2*1H;/q;;;;;+2/p-2. The molecular formula is C46H57Cl2SiZr. The van der Waals surface area contributed by atoms with Crippen LogP contribution in [0.2, 0.25) is 13.1 Å². The van der Waals surface area contributed by atoms with E-state index in [0.29, 0.717) is 23.7 Å². The molecule has 2 aliphatic rings. The second-order valence-electron chi connectivity index (χ2n) is 16.3. The van der Waals surface area contributed by atoms with Gasteiger partial charge in [0.05, 0.1) is 0 Å². The number of fused-ring (bicyclic) bond motifs is 2. The molecule has 4 atom stereocenters. The Morgan fingerprint density at radius 2 is 0.900 bits per heavy atom. The SMILES string of the molecule is CCC(C)C1=Cc2c(-c3ccccc3C(C)C)cccc2[CH]1[Zr]([Cl])([Cl])([CH]1C(C(C)CC)=Cc2c(-c3ccccc3C(C)C)cccc21)[SiH](C)C. The van der Waals surface area contributed by atoms with Gasteiger partial charge >= 0.3 is 315 Å². The Balaban J connectivity index is 1.65. The van der Waals surface area contributed by atoms with Gasteiger partial charge in [0.2, 0.25) is 0 Å². The topological polar surface area (TPSA) is 0 Å². The third kappa shape index (κ3) is 6.07. The zero-order valence-electron chi connectivity index (χ0n) is 31.9. The summed E-state index contributed by atoms with van der Waals surface area (Å²) in [5.41, 5.74) is 16.5. The van der Waals surface area contributed by atoms with E-state index in [1.165, 1.54) is 66.8 Å². The molecule has 0 saturated carbocycles. The molecule has 0 amide bonds. The average Bonchev–Trinajstić information content (AvgIpc) is 3.72. The zero-order chi connectivity index (χ0) is 36.1. The van der Waals surface area contributed by atoms with Crippen molar-refractivity contribution in [1.29, 1.82) is 0 Å². The molecule has 4 heteroatoms. The van der Waals surface area contributed by atoms with E-state index in [4.69, 9.17) is 17.0 Å². The van der Waals surface area contributed by atoms with E-state index in [-0.39, 0.29) is 7.25 Å². The second kappa shape index (κ2) is 14.5. The van der Waals surface area contributed by atoms with Gasteiger partial charge in [-0.2, -0.15) is 0 Å². The van der Waals surface area contributed by atoms with Crippen LogP contribution in [0.1, 0.15) is 121 Å². The predicted octanol–water partition coefficient (Wildman–Crippen LogP) is 14.9. The fourth-order valence-electron chi connectivity index (χ4n) is 9.20. The van der Waals surface area contributed by atoms with Crippen LogP contribution in [0.4, 0.5) is 0 Å². The van der Waals surface area contributed by atoms with E-state index in [0.717, 1.165) is 12.8 Å². The molecule has 263 valence electrons. The molecule has 4 aromatic carbocycles. The van der Waals surface area contributed by atoms with Crippen molar-refractivity contribution >= 4 is 35.1 Å². The first-order chi connectivity index (χ1) is 23.8. The molecule has 6 rings (SSSR count). The first-order valence-corrected chi connectivity index (χ1v) is 35.5. The molecule has 0 spiro atoms. The monoisotopic (exact) mass is 797 g/mol. The van der Waals surface area contributed by atoms with E-state index < -0.39 is 21.5 Å². The third-order valence-electron chi connectivity index (χ3n) is 12.5. The summed E-state index contributed by atoms with van der Waals surface area (Å²) < 4.78 is 0.162. The molecule has 0 nitrogen and oxygen atoms in total. The van der Waals surface area contributed by atoms with Crippen LogP contribution in [-0.4, -0.2) is 5.92 Å². The van der Waals surface area contributed by atoms with Crippen molar-refractivity contribution < 1.29 is 15.6 Å². The minimum atomic E-state index is -4.97. The quantitative estimate of drug-likeness (QED) is 0.133. The molecule has 4 aromatic rings. The van der Waals surface area contributed by atoms with Gasteiger partial charge in [-0.1, -0.05) is 0 Å². The van der Waals surface area contributed by atoms with Crippen molar-refractivity contribution in [2.24, 2.45) is 11.8 Å².